The predicted molar refractivity (Wildman–Crippen MR) is 92.8 cm³/mol. The second-order valence-corrected chi connectivity index (χ2v) is 6.61. The van der Waals surface area contributed by atoms with E-state index in [1.54, 1.807) is 18.2 Å². The highest BCUT2D eigenvalue weighted by atomic mass is 16.6. The maximum atomic E-state index is 12.5. The molecule has 0 amide bonds. The van der Waals surface area contributed by atoms with E-state index in [2.05, 4.69) is 0 Å². The molecule has 3 rings (SSSR count). The largest absolute Gasteiger partial charge is 0.294 e. The van der Waals surface area contributed by atoms with E-state index >= 15 is 0 Å². The van der Waals surface area contributed by atoms with Gasteiger partial charge in [0.1, 0.15) is 0 Å². The minimum absolute atomic E-state index is 0.0216. The Bertz CT molecular complexity index is 839. The summed E-state index contributed by atoms with van der Waals surface area (Å²) in [5.41, 5.74) is 2.65. The molecule has 2 aromatic rings. The SMILES string of the molecule is CC1(C)Cc2ccc([N+](=O)[O-])cc2C(CC(=O)c2ccccc2)=N1. The van der Waals surface area contributed by atoms with Crippen LogP contribution in [0.4, 0.5) is 5.69 Å². The molecule has 0 spiro atoms. The van der Waals surface area contributed by atoms with Crippen LogP contribution >= 0.6 is 0 Å². The Kier molecular flexibility index (Phi) is 4.01. The average Bonchev–Trinajstić information content (AvgIpc) is 2.54. The molecule has 5 nitrogen and oxygen atoms in total. The number of carbonyl (C=O) groups excluding carboxylic acids is 1. The number of ketones is 1. The molecule has 1 aliphatic heterocycles. The van der Waals surface area contributed by atoms with E-state index in [9.17, 15) is 14.9 Å². The van der Waals surface area contributed by atoms with Gasteiger partial charge in [0.25, 0.3) is 5.69 Å². The molecule has 1 heterocycles. The highest BCUT2D eigenvalue weighted by molar-refractivity contribution is 6.17. The Hall–Kier alpha value is -2.82. The maximum absolute atomic E-state index is 12.5. The lowest BCUT2D eigenvalue weighted by Crippen LogP contribution is -2.30. The number of carbonyl (C=O) groups is 1. The maximum Gasteiger partial charge on any atom is 0.270 e. The summed E-state index contributed by atoms with van der Waals surface area (Å²) in [4.78, 5) is 27.9. The first-order chi connectivity index (χ1) is 11.4. The van der Waals surface area contributed by atoms with E-state index in [0.717, 1.165) is 5.56 Å². The molecule has 0 radical (unpaired) electrons. The van der Waals surface area contributed by atoms with Crippen LogP contribution in [0.1, 0.15) is 41.8 Å². The summed E-state index contributed by atoms with van der Waals surface area (Å²) in [7, 11) is 0. The van der Waals surface area contributed by atoms with Gasteiger partial charge in [-0.15, -0.1) is 0 Å². The number of nitro groups is 1. The summed E-state index contributed by atoms with van der Waals surface area (Å²) >= 11 is 0. The van der Waals surface area contributed by atoms with Gasteiger partial charge in [0.05, 0.1) is 22.6 Å². The van der Waals surface area contributed by atoms with Gasteiger partial charge >= 0.3 is 0 Å². The van der Waals surface area contributed by atoms with E-state index < -0.39 is 4.92 Å². The third-order valence-corrected chi connectivity index (χ3v) is 4.10. The summed E-state index contributed by atoms with van der Waals surface area (Å²) in [6.07, 6.45) is 0.838. The van der Waals surface area contributed by atoms with Crippen LogP contribution in [0.5, 0.6) is 0 Å². The number of nitro benzene ring substituents is 1. The van der Waals surface area contributed by atoms with Crippen LogP contribution in [0.2, 0.25) is 0 Å². The fraction of sp³-hybridized carbons (Fsp3) is 0.263. The number of aliphatic imine (C=N–C) groups is 1. The van der Waals surface area contributed by atoms with Gasteiger partial charge in [-0.2, -0.15) is 0 Å². The molecule has 24 heavy (non-hydrogen) atoms. The molecule has 122 valence electrons. The van der Waals surface area contributed by atoms with Crippen LogP contribution in [0.15, 0.2) is 53.5 Å². The monoisotopic (exact) mass is 322 g/mol. The Labute approximate surface area is 140 Å². The quantitative estimate of drug-likeness (QED) is 0.485. The van der Waals surface area contributed by atoms with Crippen LogP contribution in [-0.4, -0.2) is 22.0 Å². The molecule has 2 aromatic carbocycles. The highest BCUT2D eigenvalue weighted by Gasteiger charge is 2.29. The molecule has 0 aliphatic carbocycles. The first kappa shape index (κ1) is 16.1. The van der Waals surface area contributed by atoms with Gasteiger partial charge in [-0.25, -0.2) is 0 Å². The van der Waals surface area contributed by atoms with Crippen molar-refractivity contribution in [1.82, 2.24) is 0 Å². The van der Waals surface area contributed by atoms with Crippen molar-refractivity contribution in [2.24, 2.45) is 4.99 Å². The van der Waals surface area contributed by atoms with Crippen molar-refractivity contribution in [2.45, 2.75) is 32.2 Å². The van der Waals surface area contributed by atoms with Gasteiger partial charge in [-0.3, -0.25) is 19.9 Å². The highest BCUT2D eigenvalue weighted by Crippen LogP contribution is 2.30. The molecular weight excluding hydrogens is 304 g/mol. The molecular formula is C19H18N2O3. The van der Waals surface area contributed by atoms with Crippen molar-refractivity contribution in [1.29, 1.82) is 0 Å². The molecule has 0 unspecified atom stereocenters. The summed E-state index contributed by atoms with van der Waals surface area (Å²) in [6.45, 7) is 4.01. The van der Waals surface area contributed by atoms with Crippen LogP contribution < -0.4 is 0 Å². The first-order valence-electron chi connectivity index (χ1n) is 7.80. The number of Topliss-reactive ketones (excluding diaryl/α,β-unsaturated/α-hetero) is 1. The topological polar surface area (TPSA) is 72.6 Å². The third kappa shape index (κ3) is 3.25. The smallest absolute Gasteiger partial charge is 0.270 e. The molecule has 0 N–H and O–H groups in total. The van der Waals surface area contributed by atoms with E-state index in [4.69, 9.17) is 4.99 Å². The standard InChI is InChI=1S/C19H18N2O3/c1-19(2)12-14-8-9-15(21(23)24)10-16(14)17(20-19)11-18(22)13-6-4-3-5-7-13/h3-10H,11-12H2,1-2H3. The molecule has 5 heteroatoms. The minimum atomic E-state index is -0.420. The van der Waals surface area contributed by atoms with Gasteiger partial charge in [-0.05, 0) is 25.8 Å². The lowest BCUT2D eigenvalue weighted by Gasteiger charge is -2.28. The van der Waals surface area contributed by atoms with Gasteiger partial charge in [0.2, 0.25) is 0 Å². The molecule has 0 fully saturated rings. The lowest BCUT2D eigenvalue weighted by atomic mass is 9.85. The summed E-state index contributed by atoms with van der Waals surface area (Å²) in [5.74, 6) is -0.0375. The second-order valence-electron chi connectivity index (χ2n) is 6.61. The molecule has 1 aliphatic rings. The van der Waals surface area contributed by atoms with E-state index in [1.165, 1.54) is 12.1 Å². The van der Waals surface area contributed by atoms with E-state index in [1.807, 2.05) is 32.0 Å². The molecule has 0 bridgehead atoms. The predicted octanol–water partition coefficient (Wildman–Crippen LogP) is 3.99. The van der Waals surface area contributed by atoms with Crippen molar-refractivity contribution >= 4 is 17.2 Å². The molecule has 0 saturated carbocycles. The van der Waals surface area contributed by atoms with Crippen molar-refractivity contribution in [3.63, 3.8) is 0 Å². The number of nitrogens with zero attached hydrogens (tertiary/aromatic N) is 2. The van der Waals surface area contributed by atoms with Crippen LogP contribution in [0, 0.1) is 10.1 Å². The Balaban J connectivity index is 2.00. The fourth-order valence-electron chi connectivity index (χ4n) is 3.04. The summed E-state index contributed by atoms with van der Waals surface area (Å²) in [6, 6.07) is 13.8. The summed E-state index contributed by atoms with van der Waals surface area (Å²) in [5, 5.41) is 11.1. The molecule has 0 aromatic heterocycles. The zero-order valence-electron chi connectivity index (χ0n) is 13.7. The number of rotatable bonds is 4. The van der Waals surface area contributed by atoms with Crippen molar-refractivity contribution < 1.29 is 9.72 Å². The normalized spacial score (nSPS) is 15.3. The average molecular weight is 322 g/mol. The van der Waals surface area contributed by atoms with Crippen LogP contribution in [0.3, 0.4) is 0 Å². The first-order valence-corrected chi connectivity index (χ1v) is 7.80. The number of hydrogen-bond donors (Lipinski definition) is 0. The molecule has 0 saturated heterocycles. The van der Waals surface area contributed by atoms with E-state index in [0.29, 0.717) is 23.3 Å². The van der Waals surface area contributed by atoms with Crippen molar-refractivity contribution in [3.8, 4) is 0 Å². The van der Waals surface area contributed by atoms with Gasteiger partial charge in [0.15, 0.2) is 5.78 Å². The fourth-order valence-corrected chi connectivity index (χ4v) is 3.04. The number of non-ortho nitro benzene ring substituents is 1. The number of fused-ring (bicyclic) bond motifs is 1. The lowest BCUT2D eigenvalue weighted by molar-refractivity contribution is -0.384. The Morgan fingerprint density at radius 2 is 1.92 bits per heavy atom. The Morgan fingerprint density at radius 1 is 1.21 bits per heavy atom. The Morgan fingerprint density at radius 3 is 2.58 bits per heavy atom. The zero-order valence-corrected chi connectivity index (χ0v) is 13.7. The van der Waals surface area contributed by atoms with Gasteiger partial charge < -0.3 is 0 Å². The zero-order chi connectivity index (χ0) is 17.3. The van der Waals surface area contributed by atoms with E-state index in [-0.39, 0.29) is 23.4 Å². The third-order valence-electron chi connectivity index (χ3n) is 4.10. The number of hydrogen-bond acceptors (Lipinski definition) is 4. The minimum Gasteiger partial charge on any atom is -0.294 e. The molecule has 0 atom stereocenters. The van der Waals surface area contributed by atoms with Crippen molar-refractivity contribution in [3.05, 3.63) is 75.3 Å². The van der Waals surface area contributed by atoms with Crippen LogP contribution in [0.25, 0.3) is 0 Å². The second kappa shape index (κ2) is 6.00. The summed E-state index contributed by atoms with van der Waals surface area (Å²) < 4.78 is 0. The van der Waals surface area contributed by atoms with Crippen molar-refractivity contribution in [2.75, 3.05) is 0 Å². The number of benzene rings is 2. The van der Waals surface area contributed by atoms with Gasteiger partial charge in [-0.1, -0.05) is 36.4 Å². The van der Waals surface area contributed by atoms with Gasteiger partial charge in [0, 0.05) is 23.3 Å². The van der Waals surface area contributed by atoms with Crippen LogP contribution in [-0.2, 0) is 6.42 Å².